The summed E-state index contributed by atoms with van der Waals surface area (Å²) in [6.45, 7) is 2.08. The number of aromatic nitrogens is 2. The molecule has 0 saturated carbocycles. The van der Waals surface area contributed by atoms with Crippen molar-refractivity contribution in [3.05, 3.63) is 30.0 Å². The van der Waals surface area contributed by atoms with Crippen LogP contribution in [0.15, 0.2) is 24.3 Å². The highest BCUT2D eigenvalue weighted by molar-refractivity contribution is 5.81. The molecule has 0 aliphatic heterocycles. The molecule has 0 bridgehead atoms. The fourth-order valence-corrected chi connectivity index (χ4v) is 2.31. The van der Waals surface area contributed by atoms with E-state index in [0.29, 0.717) is 0 Å². The number of methoxy groups -OCH3 is 1. The van der Waals surface area contributed by atoms with Crippen LogP contribution in [0.1, 0.15) is 12.6 Å². The van der Waals surface area contributed by atoms with Crippen LogP contribution in [-0.4, -0.2) is 36.1 Å². The molecule has 18 heavy (non-hydrogen) atoms. The van der Waals surface area contributed by atoms with Crippen LogP contribution in [-0.2, 0) is 18.2 Å². The topological polar surface area (TPSA) is 39.1 Å². The summed E-state index contributed by atoms with van der Waals surface area (Å²) in [4.78, 5) is 0. The molecule has 2 aromatic rings. The van der Waals surface area contributed by atoms with Gasteiger partial charge >= 0.3 is 0 Å². The maximum Gasteiger partial charge on any atom is 0.0719 e. The van der Waals surface area contributed by atoms with Crippen molar-refractivity contribution in [2.24, 2.45) is 7.05 Å². The summed E-state index contributed by atoms with van der Waals surface area (Å²) >= 11 is 0. The molecule has 2 atom stereocenters. The molecule has 0 amide bonds. The second kappa shape index (κ2) is 5.50. The molecule has 2 unspecified atom stereocenters. The van der Waals surface area contributed by atoms with Crippen molar-refractivity contribution in [3.8, 4) is 0 Å². The average molecular weight is 247 g/mol. The monoisotopic (exact) mass is 247 g/mol. The predicted molar refractivity (Wildman–Crippen MR) is 73.7 cm³/mol. The minimum atomic E-state index is 0.163. The summed E-state index contributed by atoms with van der Waals surface area (Å²) in [6.07, 6.45) is 1.03. The zero-order valence-electron chi connectivity index (χ0n) is 11.5. The third-order valence-corrected chi connectivity index (χ3v) is 3.56. The van der Waals surface area contributed by atoms with E-state index in [9.17, 15) is 0 Å². The molecule has 0 radical (unpaired) electrons. The second-order valence-electron chi connectivity index (χ2n) is 4.63. The third-order valence-electron chi connectivity index (χ3n) is 3.56. The largest absolute Gasteiger partial charge is 0.380 e. The van der Waals surface area contributed by atoms with Gasteiger partial charge in [-0.05, 0) is 20.0 Å². The van der Waals surface area contributed by atoms with E-state index in [1.807, 2.05) is 24.8 Å². The van der Waals surface area contributed by atoms with Gasteiger partial charge in [-0.1, -0.05) is 18.2 Å². The number of hydrogen-bond acceptors (Lipinski definition) is 3. The third kappa shape index (κ3) is 2.40. The van der Waals surface area contributed by atoms with Crippen molar-refractivity contribution in [3.63, 3.8) is 0 Å². The van der Waals surface area contributed by atoms with Crippen LogP contribution in [0, 0.1) is 0 Å². The highest BCUT2D eigenvalue weighted by atomic mass is 16.5. The second-order valence-corrected chi connectivity index (χ2v) is 4.63. The van der Waals surface area contributed by atoms with Gasteiger partial charge in [0.25, 0.3) is 0 Å². The zero-order valence-corrected chi connectivity index (χ0v) is 11.5. The quantitative estimate of drug-likeness (QED) is 0.874. The van der Waals surface area contributed by atoms with E-state index in [1.165, 1.54) is 10.9 Å². The number of likely N-dealkylation sites (N-methyl/N-ethyl adjacent to an activating group) is 1. The summed E-state index contributed by atoms with van der Waals surface area (Å²) in [6, 6.07) is 8.60. The average Bonchev–Trinajstić information content (AvgIpc) is 2.72. The van der Waals surface area contributed by atoms with E-state index in [2.05, 4.69) is 35.5 Å². The van der Waals surface area contributed by atoms with Crippen LogP contribution in [0.5, 0.6) is 0 Å². The van der Waals surface area contributed by atoms with E-state index in [1.54, 1.807) is 7.11 Å². The van der Waals surface area contributed by atoms with E-state index in [0.717, 1.165) is 12.1 Å². The molecule has 1 aromatic heterocycles. The van der Waals surface area contributed by atoms with Gasteiger partial charge in [0.2, 0.25) is 0 Å². The molecule has 0 saturated heterocycles. The summed E-state index contributed by atoms with van der Waals surface area (Å²) < 4.78 is 7.34. The van der Waals surface area contributed by atoms with Crippen molar-refractivity contribution in [1.82, 2.24) is 15.1 Å². The predicted octanol–water partition coefficient (Wildman–Crippen LogP) is 1.74. The van der Waals surface area contributed by atoms with Gasteiger partial charge in [0.05, 0.1) is 17.3 Å². The number of nitrogens with zero attached hydrogens (tertiary/aromatic N) is 2. The van der Waals surface area contributed by atoms with Gasteiger partial charge in [0.15, 0.2) is 0 Å². The van der Waals surface area contributed by atoms with E-state index in [4.69, 9.17) is 4.74 Å². The number of fused-ring (bicyclic) bond motifs is 1. The number of hydrogen-bond donors (Lipinski definition) is 1. The van der Waals surface area contributed by atoms with Gasteiger partial charge in [0, 0.05) is 32.0 Å². The number of nitrogens with one attached hydrogen (secondary N) is 1. The Balaban J connectivity index is 2.31. The van der Waals surface area contributed by atoms with E-state index >= 15 is 0 Å². The molecule has 1 aromatic carbocycles. The maximum absolute atomic E-state index is 5.40. The first-order chi connectivity index (χ1) is 8.67. The maximum atomic E-state index is 5.40. The normalized spacial score (nSPS) is 14.9. The number of benzene rings is 1. The summed E-state index contributed by atoms with van der Waals surface area (Å²) in [5, 5.41) is 9.14. The highest BCUT2D eigenvalue weighted by Gasteiger charge is 2.18. The molecule has 0 aliphatic carbocycles. The lowest BCUT2D eigenvalue weighted by Crippen LogP contribution is -2.38. The van der Waals surface area contributed by atoms with Crippen LogP contribution in [0.3, 0.4) is 0 Å². The zero-order chi connectivity index (χ0) is 13.1. The van der Waals surface area contributed by atoms with Crippen molar-refractivity contribution in [2.45, 2.75) is 25.5 Å². The van der Waals surface area contributed by atoms with E-state index < -0.39 is 0 Å². The first-order valence-electron chi connectivity index (χ1n) is 6.28. The van der Waals surface area contributed by atoms with Gasteiger partial charge in [-0.25, -0.2) is 0 Å². The summed E-state index contributed by atoms with van der Waals surface area (Å²) in [5.41, 5.74) is 2.30. The number of ether oxygens (including phenoxy) is 1. The Hall–Kier alpha value is -1.39. The number of rotatable bonds is 5. The first-order valence-corrected chi connectivity index (χ1v) is 6.28. The lowest BCUT2D eigenvalue weighted by atomic mass is 10.0. The Morgan fingerprint density at radius 2 is 2.11 bits per heavy atom. The molecule has 98 valence electrons. The molecular weight excluding hydrogens is 226 g/mol. The molecular formula is C14H21N3O. The molecule has 4 nitrogen and oxygen atoms in total. The Morgan fingerprint density at radius 3 is 2.78 bits per heavy atom. The Kier molecular flexibility index (Phi) is 3.99. The van der Waals surface area contributed by atoms with Crippen LogP contribution in [0.4, 0.5) is 0 Å². The van der Waals surface area contributed by atoms with Crippen LogP contribution >= 0.6 is 0 Å². The molecule has 1 N–H and O–H groups in total. The Bertz CT molecular complexity index is 521. The SMILES string of the molecule is CNC(Cc1nn(C)c2ccccc12)C(C)OC. The van der Waals surface area contributed by atoms with Crippen LogP contribution in [0.2, 0.25) is 0 Å². The van der Waals surface area contributed by atoms with Gasteiger partial charge in [0.1, 0.15) is 0 Å². The molecule has 0 fully saturated rings. The minimum absolute atomic E-state index is 0.163. The standard InChI is InChI=1S/C14H21N3O/c1-10(18-4)12(15-2)9-13-11-7-5-6-8-14(11)17(3)16-13/h5-8,10,12,15H,9H2,1-4H3. The van der Waals surface area contributed by atoms with E-state index in [-0.39, 0.29) is 12.1 Å². The Labute approximate surface area is 108 Å². The fraction of sp³-hybridized carbons (Fsp3) is 0.500. The number of aryl methyl sites for hydroxylation is 1. The van der Waals surface area contributed by atoms with Crippen LogP contribution in [0.25, 0.3) is 10.9 Å². The molecule has 4 heteroatoms. The number of para-hydroxylation sites is 1. The van der Waals surface area contributed by atoms with Crippen molar-refractivity contribution >= 4 is 10.9 Å². The molecule has 1 heterocycles. The minimum Gasteiger partial charge on any atom is -0.380 e. The highest BCUT2D eigenvalue weighted by Crippen LogP contribution is 2.19. The smallest absolute Gasteiger partial charge is 0.0719 e. The van der Waals surface area contributed by atoms with Gasteiger partial charge < -0.3 is 10.1 Å². The van der Waals surface area contributed by atoms with Gasteiger partial charge in [-0.2, -0.15) is 5.10 Å². The van der Waals surface area contributed by atoms with Crippen molar-refractivity contribution in [1.29, 1.82) is 0 Å². The van der Waals surface area contributed by atoms with Crippen LogP contribution < -0.4 is 5.32 Å². The fourth-order valence-electron chi connectivity index (χ4n) is 2.31. The van der Waals surface area contributed by atoms with Gasteiger partial charge in [-0.3, -0.25) is 4.68 Å². The van der Waals surface area contributed by atoms with Gasteiger partial charge in [-0.15, -0.1) is 0 Å². The lowest BCUT2D eigenvalue weighted by molar-refractivity contribution is 0.0854. The summed E-state index contributed by atoms with van der Waals surface area (Å²) in [7, 11) is 5.69. The molecule has 2 rings (SSSR count). The first kappa shape index (κ1) is 13.1. The molecule has 0 spiro atoms. The van der Waals surface area contributed by atoms with Crippen molar-refractivity contribution < 1.29 is 4.74 Å². The Morgan fingerprint density at radius 1 is 1.39 bits per heavy atom. The molecule has 0 aliphatic rings. The van der Waals surface area contributed by atoms with Crippen molar-refractivity contribution in [2.75, 3.05) is 14.2 Å². The lowest BCUT2D eigenvalue weighted by Gasteiger charge is -2.21. The summed E-state index contributed by atoms with van der Waals surface area (Å²) in [5.74, 6) is 0.